The van der Waals surface area contributed by atoms with Crippen LogP contribution in [0, 0.1) is 6.92 Å². The van der Waals surface area contributed by atoms with E-state index in [2.05, 4.69) is 0 Å². The van der Waals surface area contributed by atoms with Crippen LogP contribution >= 0.6 is 0 Å². The molecule has 2 nitrogen and oxygen atoms in total. The molecule has 0 aliphatic heterocycles. The van der Waals surface area contributed by atoms with E-state index in [1.165, 1.54) is 0 Å². The zero-order valence-electron chi connectivity index (χ0n) is 9.66. The van der Waals surface area contributed by atoms with E-state index in [0.29, 0.717) is 6.42 Å². The molecule has 2 rings (SSSR count). The maximum atomic E-state index is 11.5. The van der Waals surface area contributed by atoms with Crippen molar-refractivity contribution in [1.29, 1.82) is 0 Å². The molecule has 1 atom stereocenters. The average molecular weight is 216 g/mol. The predicted octanol–water partition coefficient (Wildman–Crippen LogP) is 2.49. The fourth-order valence-electron chi connectivity index (χ4n) is 2.25. The maximum absolute atomic E-state index is 11.5. The van der Waals surface area contributed by atoms with Crippen molar-refractivity contribution in [3.8, 4) is 0 Å². The first-order valence-electron chi connectivity index (χ1n) is 5.50. The average Bonchev–Trinajstić information content (AvgIpc) is 2.15. The van der Waals surface area contributed by atoms with Gasteiger partial charge in [0.25, 0.3) is 0 Å². The van der Waals surface area contributed by atoms with Crippen molar-refractivity contribution in [3.05, 3.63) is 41.5 Å². The maximum Gasteiger partial charge on any atom is 0.158 e. The number of rotatable bonds is 1. The Hall–Kier alpha value is -1.41. The first kappa shape index (κ1) is 11.1. The lowest BCUT2D eigenvalue weighted by Crippen LogP contribution is -2.31. The Kier molecular flexibility index (Phi) is 2.68. The molecule has 1 unspecified atom stereocenters. The molecule has 16 heavy (non-hydrogen) atoms. The molecular weight excluding hydrogens is 200 g/mol. The number of allylic oxidation sites excluding steroid dienone is 1. The van der Waals surface area contributed by atoms with E-state index >= 15 is 0 Å². The minimum absolute atomic E-state index is 0.00880. The molecular formula is C14H16O2. The minimum Gasteiger partial charge on any atom is -0.389 e. The quantitative estimate of drug-likeness (QED) is 0.783. The molecule has 0 fully saturated rings. The van der Waals surface area contributed by atoms with E-state index in [1.54, 1.807) is 13.0 Å². The van der Waals surface area contributed by atoms with Crippen LogP contribution in [0.2, 0.25) is 0 Å². The van der Waals surface area contributed by atoms with E-state index in [0.717, 1.165) is 16.7 Å². The predicted molar refractivity (Wildman–Crippen MR) is 64.0 cm³/mol. The molecule has 0 amide bonds. The second-order valence-electron chi connectivity index (χ2n) is 4.80. The van der Waals surface area contributed by atoms with Crippen LogP contribution in [-0.4, -0.2) is 16.5 Å². The van der Waals surface area contributed by atoms with Gasteiger partial charge in [-0.1, -0.05) is 24.3 Å². The Bertz CT molecular complexity index is 456. The Morgan fingerprint density at radius 1 is 1.25 bits per heavy atom. The highest BCUT2D eigenvalue weighted by atomic mass is 16.3. The van der Waals surface area contributed by atoms with Crippen molar-refractivity contribution in [2.75, 3.05) is 0 Å². The summed E-state index contributed by atoms with van der Waals surface area (Å²) in [6.45, 7) is 3.74. The second-order valence-corrected chi connectivity index (χ2v) is 4.80. The van der Waals surface area contributed by atoms with Gasteiger partial charge in [0.05, 0.1) is 5.60 Å². The summed E-state index contributed by atoms with van der Waals surface area (Å²) >= 11 is 0. The number of hydrogen-bond acceptors (Lipinski definition) is 2. The Morgan fingerprint density at radius 3 is 2.56 bits per heavy atom. The smallest absolute Gasteiger partial charge is 0.158 e. The number of carbonyl (C=O) groups excluding carboxylic acids is 1. The van der Waals surface area contributed by atoms with E-state index in [-0.39, 0.29) is 12.2 Å². The van der Waals surface area contributed by atoms with Crippen molar-refractivity contribution < 1.29 is 9.90 Å². The third-order valence-corrected chi connectivity index (χ3v) is 2.95. The molecule has 1 aromatic carbocycles. The molecule has 1 N–H and O–H groups in total. The van der Waals surface area contributed by atoms with Gasteiger partial charge in [-0.05, 0) is 36.6 Å². The fraction of sp³-hybridized carbons (Fsp3) is 0.357. The number of aryl methyl sites for hydroxylation is 1. The molecule has 0 saturated carbocycles. The number of carbonyl (C=O) groups is 1. The van der Waals surface area contributed by atoms with Crippen LogP contribution in [0.1, 0.15) is 30.9 Å². The van der Waals surface area contributed by atoms with Crippen molar-refractivity contribution in [2.24, 2.45) is 0 Å². The summed E-state index contributed by atoms with van der Waals surface area (Å²) in [6.07, 6.45) is 2.44. The molecule has 1 aliphatic carbocycles. The lowest BCUT2D eigenvalue weighted by atomic mass is 9.82. The molecule has 1 aromatic rings. The molecule has 0 radical (unpaired) electrons. The highest BCUT2D eigenvalue weighted by Crippen LogP contribution is 2.33. The summed E-state index contributed by atoms with van der Waals surface area (Å²) in [6, 6.07) is 7.94. The lowest BCUT2D eigenvalue weighted by Gasteiger charge is -2.28. The van der Waals surface area contributed by atoms with E-state index in [9.17, 15) is 9.90 Å². The standard InChI is InChI=1S/C14H16O2/c1-10-5-3-4-6-13(10)11-7-12(15)9-14(2,16)8-11/h3-7,16H,8-9H2,1-2H3. The Labute approximate surface area is 95.6 Å². The normalized spacial score (nSPS) is 25.4. The molecule has 2 heteroatoms. The van der Waals surface area contributed by atoms with Gasteiger partial charge in [0.2, 0.25) is 0 Å². The van der Waals surface area contributed by atoms with Gasteiger partial charge >= 0.3 is 0 Å². The zero-order chi connectivity index (χ0) is 11.8. The number of ketones is 1. The van der Waals surface area contributed by atoms with Crippen LogP contribution in [0.5, 0.6) is 0 Å². The lowest BCUT2D eigenvalue weighted by molar-refractivity contribution is -0.119. The van der Waals surface area contributed by atoms with Crippen molar-refractivity contribution in [1.82, 2.24) is 0 Å². The van der Waals surface area contributed by atoms with Gasteiger partial charge in [0, 0.05) is 12.8 Å². The molecule has 84 valence electrons. The molecule has 0 saturated heterocycles. The largest absolute Gasteiger partial charge is 0.389 e. The van der Waals surface area contributed by atoms with Crippen LogP contribution in [0.4, 0.5) is 0 Å². The van der Waals surface area contributed by atoms with Gasteiger partial charge in [-0.15, -0.1) is 0 Å². The molecule has 1 aliphatic rings. The third-order valence-electron chi connectivity index (χ3n) is 2.95. The van der Waals surface area contributed by atoms with Gasteiger partial charge in [0.1, 0.15) is 0 Å². The minimum atomic E-state index is -0.899. The summed E-state index contributed by atoms with van der Waals surface area (Å²) in [5.74, 6) is 0.00880. The van der Waals surface area contributed by atoms with Gasteiger partial charge < -0.3 is 5.11 Å². The molecule has 0 spiro atoms. The summed E-state index contributed by atoms with van der Waals surface area (Å²) < 4.78 is 0. The number of benzene rings is 1. The topological polar surface area (TPSA) is 37.3 Å². The Morgan fingerprint density at radius 2 is 1.94 bits per heavy atom. The molecule has 0 aromatic heterocycles. The van der Waals surface area contributed by atoms with Crippen molar-refractivity contribution in [3.63, 3.8) is 0 Å². The van der Waals surface area contributed by atoms with E-state index in [4.69, 9.17) is 0 Å². The monoisotopic (exact) mass is 216 g/mol. The summed E-state index contributed by atoms with van der Waals surface area (Å²) in [5.41, 5.74) is 2.25. The van der Waals surface area contributed by atoms with Crippen molar-refractivity contribution in [2.45, 2.75) is 32.3 Å². The third kappa shape index (κ3) is 2.22. The zero-order valence-corrected chi connectivity index (χ0v) is 9.66. The first-order chi connectivity index (χ1) is 7.48. The fourth-order valence-corrected chi connectivity index (χ4v) is 2.25. The summed E-state index contributed by atoms with van der Waals surface area (Å²) in [7, 11) is 0. The van der Waals surface area contributed by atoms with Gasteiger partial charge in [-0.3, -0.25) is 4.79 Å². The van der Waals surface area contributed by atoms with Crippen LogP contribution < -0.4 is 0 Å². The van der Waals surface area contributed by atoms with Gasteiger partial charge in [-0.2, -0.15) is 0 Å². The van der Waals surface area contributed by atoms with Crippen LogP contribution in [0.25, 0.3) is 5.57 Å². The van der Waals surface area contributed by atoms with Crippen LogP contribution in [-0.2, 0) is 4.79 Å². The Balaban J connectivity index is 2.42. The highest BCUT2D eigenvalue weighted by Gasteiger charge is 2.30. The van der Waals surface area contributed by atoms with Crippen molar-refractivity contribution >= 4 is 11.4 Å². The summed E-state index contributed by atoms with van der Waals surface area (Å²) in [4.78, 5) is 11.5. The van der Waals surface area contributed by atoms with Crippen LogP contribution in [0.15, 0.2) is 30.3 Å². The molecule has 0 bridgehead atoms. The van der Waals surface area contributed by atoms with Gasteiger partial charge in [0.15, 0.2) is 5.78 Å². The summed E-state index contributed by atoms with van der Waals surface area (Å²) in [5, 5.41) is 10.0. The number of aliphatic hydroxyl groups is 1. The van der Waals surface area contributed by atoms with E-state index < -0.39 is 5.60 Å². The molecule has 0 heterocycles. The van der Waals surface area contributed by atoms with Crippen LogP contribution in [0.3, 0.4) is 0 Å². The highest BCUT2D eigenvalue weighted by molar-refractivity contribution is 5.99. The van der Waals surface area contributed by atoms with E-state index in [1.807, 2.05) is 31.2 Å². The number of hydrogen-bond donors (Lipinski definition) is 1. The first-order valence-corrected chi connectivity index (χ1v) is 5.50. The SMILES string of the molecule is Cc1ccccc1C1=CC(=O)CC(C)(O)C1. The van der Waals surface area contributed by atoms with Gasteiger partial charge in [-0.25, -0.2) is 0 Å². The second kappa shape index (κ2) is 3.87.